The Hall–Kier alpha value is -0.650. The van der Waals surface area contributed by atoms with Crippen molar-refractivity contribution in [1.82, 2.24) is 5.32 Å². The highest BCUT2D eigenvalue weighted by Crippen LogP contribution is 2.25. The van der Waals surface area contributed by atoms with Gasteiger partial charge in [-0.1, -0.05) is 0 Å². The predicted octanol–water partition coefficient (Wildman–Crippen LogP) is 1.96. The normalized spacial score (nSPS) is 20.8. The van der Waals surface area contributed by atoms with Gasteiger partial charge in [-0.2, -0.15) is 0 Å². The van der Waals surface area contributed by atoms with Crippen LogP contribution >= 0.6 is 15.9 Å². The van der Waals surface area contributed by atoms with Crippen molar-refractivity contribution in [2.75, 3.05) is 26.3 Å². The molecule has 1 fully saturated rings. The second-order valence-corrected chi connectivity index (χ2v) is 4.44. The molecule has 1 atom stereocenters. The van der Waals surface area contributed by atoms with E-state index < -0.39 is 0 Å². The van der Waals surface area contributed by atoms with Gasteiger partial charge >= 0.3 is 0 Å². The van der Waals surface area contributed by atoms with Crippen LogP contribution in [0.25, 0.3) is 0 Å². The van der Waals surface area contributed by atoms with Crippen molar-refractivity contribution in [3.63, 3.8) is 0 Å². The lowest BCUT2D eigenvalue weighted by Gasteiger charge is -2.23. The Morgan fingerprint density at radius 3 is 3.19 bits per heavy atom. The minimum absolute atomic E-state index is 0.0314. The Kier molecular flexibility index (Phi) is 4.15. The fraction of sp³-hybridized carbons (Fsp3) is 0.455. The van der Waals surface area contributed by atoms with E-state index in [1.807, 2.05) is 0 Å². The molecule has 2 rings (SSSR count). The molecule has 0 aliphatic carbocycles. The van der Waals surface area contributed by atoms with Crippen LogP contribution in [0.1, 0.15) is 0 Å². The molecular formula is C11H13BrFNO2. The van der Waals surface area contributed by atoms with Gasteiger partial charge in [-0.15, -0.1) is 0 Å². The summed E-state index contributed by atoms with van der Waals surface area (Å²) in [5.74, 6) is 0.204. The number of nitrogens with one attached hydrogen (secondary N) is 1. The zero-order valence-electron chi connectivity index (χ0n) is 8.71. The molecule has 0 spiro atoms. The topological polar surface area (TPSA) is 30.5 Å². The minimum atomic E-state index is -0.305. The van der Waals surface area contributed by atoms with Crippen molar-refractivity contribution in [1.29, 1.82) is 0 Å². The van der Waals surface area contributed by atoms with Crippen LogP contribution in [0.2, 0.25) is 0 Å². The summed E-state index contributed by atoms with van der Waals surface area (Å²) in [5, 5.41) is 3.21. The zero-order chi connectivity index (χ0) is 11.4. The van der Waals surface area contributed by atoms with Crippen molar-refractivity contribution < 1.29 is 13.9 Å². The summed E-state index contributed by atoms with van der Waals surface area (Å²) in [4.78, 5) is 0. The molecule has 16 heavy (non-hydrogen) atoms. The van der Waals surface area contributed by atoms with Crippen LogP contribution in [0.3, 0.4) is 0 Å². The molecule has 5 heteroatoms. The van der Waals surface area contributed by atoms with Crippen LogP contribution in [0.4, 0.5) is 4.39 Å². The molecule has 1 aromatic carbocycles. The summed E-state index contributed by atoms with van der Waals surface area (Å²) in [7, 11) is 0. The lowest BCUT2D eigenvalue weighted by atomic mass is 10.3. The maximum Gasteiger partial charge on any atom is 0.136 e. The van der Waals surface area contributed by atoms with Crippen LogP contribution in [0.5, 0.6) is 5.75 Å². The molecule has 0 amide bonds. The molecule has 1 heterocycles. The Bertz CT molecular complexity index is 356. The van der Waals surface area contributed by atoms with Crippen molar-refractivity contribution >= 4 is 15.9 Å². The monoisotopic (exact) mass is 289 g/mol. The molecule has 0 bridgehead atoms. The number of morpholine rings is 1. The third-order valence-electron chi connectivity index (χ3n) is 2.32. The van der Waals surface area contributed by atoms with Crippen LogP contribution < -0.4 is 10.1 Å². The molecule has 1 aliphatic rings. The van der Waals surface area contributed by atoms with Gasteiger partial charge in [-0.05, 0) is 28.1 Å². The quantitative estimate of drug-likeness (QED) is 0.923. The van der Waals surface area contributed by atoms with E-state index in [-0.39, 0.29) is 11.9 Å². The highest BCUT2D eigenvalue weighted by Gasteiger charge is 2.14. The summed E-state index contributed by atoms with van der Waals surface area (Å²) < 4.78 is 24.7. The van der Waals surface area contributed by atoms with Gasteiger partial charge in [0.15, 0.2) is 0 Å². The maximum atomic E-state index is 13.0. The Labute approximate surface area is 102 Å². The molecule has 3 nitrogen and oxygen atoms in total. The van der Waals surface area contributed by atoms with E-state index in [9.17, 15) is 4.39 Å². The molecule has 0 aromatic heterocycles. The summed E-state index contributed by atoms with van der Waals surface area (Å²) in [6.45, 7) is 2.76. The zero-order valence-corrected chi connectivity index (χ0v) is 10.3. The van der Waals surface area contributed by atoms with Gasteiger partial charge in [0.1, 0.15) is 24.3 Å². The Morgan fingerprint density at radius 2 is 2.44 bits per heavy atom. The summed E-state index contributed by atoms with van der Waals surface area (Å²) in [5.41, 5.74) is 0. The number of halogens is 2. The van der Waals surface area contributed by atoms with Crippen molar-refractivity contribution in [2.45, 2.75) is 6.10 Å². The van der Waals surface area contributed by atoms with Crippen LogP contribution in [0.15, 0.2) is 22.7 Å². The highest BCUT2D eigenvalue weighted by molar-refractivity contribution is 9.10. The van der Waals surface area contributed by atoms with E-state index in [0.29, 0.717) is 19.0 Å². The average molecular weight is 290 g/mol. The van der Waals surface area contributed by atoms with E-state index in [1.165, 1.54) is 12.1 Å². The summed E-state index contributed by atoms with van der Waals surface area (Å²) in [6, 6.07) is 4.38. The van der Waals surface area contributed by atoms with Crippen LogP contribution in [-0.2, 0) is 4.74 Å². The van der Waals surface area contributed by atoms with Gasteiger partial charge in [0.05, 0.1) is 11.1 Å². The smallest absolute Gasteiger partial charge is 0.136 e. The molecule has 0 radical (unpaired) electrons. The molecule has 1 aliphatic heterocycles. The van der Waals surface area contributed by atoms with Crippen molar-refractivity contribution in [3.8, 4) is 5.75 Å². The van der Waals surface area contributed by atoms with Gasteiger partial charge in [0, 0.05) is 19.2 Å². The average Bonchev–Trinajstić information content (AvgIpc) is 2.32. The van der Waals surface area contributed by atoms with E-state index in [0.717, 1.165) is 17.6 Å². The summed E-state index contributed by atoms with van der Waals surface area (Å²) in [6.07, 6.45) is 0.0314. The predicted molar refractivity (Wildman–Crippen MR) is 62.2 cm³/mol. The van der Waals surface area contributed by atoms with Gasteiger partial charge in [0.2, 0.25) is 0 Å². The molecule has 1 saturated heterocycles. The maximum absolute atomic E-state index is 13.0. The Morgan fingerprint density at radius 1 is 1.56 bits per heavy atom. The van der Waals surface area contributed by atoms with Gasteiger partial charge in [0.25, 0.3) is 0 Å². The number of hydrogen-bond acceptors (Lipinski definition) is 3. The second kappa shape index (κ2) is 5.61. The fourth-order valence-electron chi connectivity index (χ4n) is 1.50. The van der Waals surface area contributed by atoms with Crippen molar-refractivity contribution in [3.05, 3.63) is 28.5 Å². The Balaban J connectivity index is 1.90. The van der Waals surface area contributed by atoms with Crippen molar-refractivity contribution in [2.24, 2.45) is 0 Å². The van der Waals surface area contributed by atoms with E-state index in [1.54, 1.807) is 6.07 Å². The minimum Gasteiger partial charge on any atom is -0.490 e. The van der Waals surface area contributed by atoms with E-state index in [4.69, 9.17) is 9.47 Å². The van der Waals surface area contributed by atoms with Gasteiger partial charge < -0.3 is 14.8 Å². The first-order valence-corrected chi connectivity index (χ1v) is 5.95. The van der Waals surface area contributed by atoms with Crippen LogP contribution in [0, 0.1) is 5.82 Å². The van der Waals surface area contributed by atoms with Gasteiger partial charge in [-0.3, -0.25) is 0 Å². The second-order valence-electron chi connectivity index (χ2n) is 3.58. The molecule has 1 aromatic rings. The van der Waals surface area contributed by atoms with Gasteiger partial charge in [-0.25, -0.2) is 4.39 Å². The third kappa shape index (κ3) is 3.17. The van der Waals surface area contributed by atoms with E-state index in [2.05, 4.69) is 21.2 Å². The molecule has 0 saturated carbocycles. The molecule has 1 N–H and O–H groups in total. The lowest BCUT2D eigenvalue weighted by Crippen LogP contribution is -2.41. The first-order valence-electron chi connectivity index (χ1n) is 5.16. The standard InChI is InChI=1S/C11H13BrFNO2/c12-10-2-1-8(13)5-11(10)16-7-9-6-14-3-4-15-9/h1-2,5,9,14H,3-4,6-7H2. The SMILES string of the molecule is Fc1ccc(Br)c(OCC2CNCCO2)c1. The van der Waals surface area contributed by atoms with E-state index >= 15 is 0 Å². The first kappa shape index (κ1) is 11.8. The largest absolute Gasteiger partial charge is 0.490 e. The first-order chi connectivity index (χ1) is 7.75. The molecular weight excluding hydrogens is 277 g/mol. The molecule has 88 valence electrons. The molecule has 1 unspecified atom stereocenters. The summed E-state index contributed by atoms with van der Waals surface area (Å²) >= 11 is 3.31. The highest BCUT2D eigenvalue weighted by atomic mass is 79.9. The number of hydrogen-bond donors (Lipinski definition) is 1. The fourth-order valence-corrected chi connectivity index (χ4v) is 1.86. The number of rotatable bonds is 3. The lowest BCUT2D eigenvalue weighted by molar-refractivity contribution is -0.0000164. The number of ether oxygens (including phenoxy) is 2. The third-order valence-corrected chi connectivity index (χ3v) is 2.98. The van der Waals surface area contributed by atoms with Crippen LogP contribution in [-0.4, -0.2) is 32.4 Å². The number of benzene rings is 1.